The van der Waals surface area contributed by atoms with Crippen LogP contribution in [-0.4, -0.2) is 55.0 Å². The number of carbonyl (C=O) groups excluding carboxylic acids is 1. The number of amides is 1. The van der Waals surface area contributed by atoms with E-state index in [0.717, 1.165) is 0 Å². The van der Waals surface area contributed by atoms with Crippen LogP contribution in [0, 0.1) is 0 Å². The van der Waals surface area contributed by atoms with Crippen molar-refractivity contribution in [2.75, 3.05) is 26.8 Å². The van der Waals surface area contributed by atoms with Crippen LogP contribution in [0.2, 0.25) is 0 Å². The first-order valence-electron chi connectivity index (χ1n) is 8.44. The number of imidazole rings is 1. The summed E-state index contributed by atoms with van der Waals surface area (Å²) in [6.07, 6.45) is 2.20. The summed E-state index contributed by atoms with van der Waals surface area (Å²) in [4.78, 5) is 16.9. The second kappa shape index (κ2) is 7.56. The zero-order chi connectivity index (χ0) is 18.7. The molecule has 0 radical (unpaired) electrons. The zero-order valence-electron chi connectivity index (χ0n) is 14.8. The molecule has 2 aromatic rings. The smallest absolute Gasteiger partial charge is 0.271 e. The highest BCUT2D eigenvalue weighted by molar-refractivity contribution is 7.89. The van der Waals surface area contributed by atoms with Crippen LogP contribution in [0.4, 0.5) is 0 Å². The fourth-order valence-electron chi connectivity index (χ4n) is 2.86. The van der Waals surface area contributed by atoms with Crippen LogP contribution in [0.5, 0.6) is 0 Å². The Labute approximate surface area is 152 Å². The highest BCUT2D eigenvalue weighted by Crippen LogP contribution is 2.30. The summed E-state index contributed by atoms with van der Waals surface area (Å²) in [5.74, 6) is -0.319. The minimum Gasteiger partial charge on any atom is -0.382 e. The number of sulfonamides is 1. The number of aromatic nitrogens is 2. The van der Waals surface area contributed by atoms with Crippen molar-refractivity contribution in [1.82, 2.24) is 19.2 Å². The molecule has 1 aliphatic rings. The number of rotatable bonds is 6. The van der Waals surface area contributed by atoms with Crippen LogP contribution in [0.3, 0.4) is 0 Å². The minimum absolute atomic E-state index is 0.0682. The first kappa shape index (κ1) is 18.6. The number of carbonyl (C=O) groups is 1. The third-order valence-corrected chi connectivity index (χ3v) is 6.07. The first-order valence-corrected chi connectivity index (χ1v) is 9.88. The maximum atomic E-state index is 12.7. The van der Waals surface area contributed by atoms with E-state index in [-0.39, 0.29) is 23.0 Å². The molecule has 1 aliphatic heterocycles. The van der Waals surface area contributed by atoms with Gasteiger partial charge in [0.1, 0.15) is 11.2 Å². The van der Waals surface area contributed by atoms with Gasteiger partial charge in [-0.05, 0) is 25.5 Å². The second-order valence-corrected chi connectivity index (χ2v) is 7.96. The number of nitrogens with one attached hydrogen (secondary N) is 1. The van der Waals surface area contributed by atoms with Crippen molar-refractivity contribution in [2.45, 2.75) is 24.8 Å². The van der Waals surface area contributed by atoms with Gasteiger partial charge in [-0.2, -0.15) is 4.31 Å². The van der Waals surface area contributed by atoms with E-state index in [0.29, 0.717) is 37.6 Å². The molecule has 2 heterocycles. The van der Waals surface area contributed by atoms with E-state index in [1.165, 1.54) is 17.7 Å². The van der Waals surface area contributed by atoms with Crippen LogP contribution >= 0.6 is 0 Å². The molecular formula is C17H22N4O4S. The lowest BCUT2D eigenvalue weighted by molar-refractivity contribution is 0.0938. The molecule has 3 rings (SSSR count). The van der Waals surface area contributed by atoms with Crippen molar-refractivity contribution in [3.63, 3.8) is 0 Å². The van der Waals surface area contributed by atoms with Crippen LogP contribution < -0.4 is 5.32 Å². The van der Waals surface area contributed by atoms with Gasteiger partial charge in [-0.25, -0.2) is 13.4 Å². The maximum Gasteiger partial charge on any atom is 0.271 e. The van der Waals surface area contributed by atoms with Crippen molar-refractivity contribution in [3.8, 4) is 5.69 Å². The lowest BCUT2D eigenvalue weighted by Gasteiger charge is -2.14. The fraction of sp³-hybridized carbons (Fsp3) is 0.412. The summed E-state index contributed by atoms with van der Waals surface area (Å²) in [5, 5.41) is 2.81. The van der Waals surface area contributed by atoms with Crippen LogP contribution in [0.15, 0.2) is 35.5 Å². The summed E-state index contributed by atoms with van der Waals surface area (Å²) in [7, 11) is -2.13. The Kier molecular flexibility index (Phi) is 5.40. The topological polar surface area (TPSA) is 93.5 Å². The number of fused-ring (bicyclic) bond motifs is 3. The van der Waals surface area contributed by atoms with Crippen molar-refractivity contribution >= 4 is 15.9 Å². The summed E-state index contributed by atoms with van der Waals surface area (Å²) >= 11 is 0. The van der Waals surface area contributed by atoms with Gasteiger partial charge in [-0.15, -0.1) is 0 Å². The Morgan fingerprint density at radius 1 is 1.35 bits per heavy atom. The Bertz CT molecular complexity index is 907. The monoisotopic (exact) mass is 378 g/mol. The molecule has 0 saturated heterocycles. The molecule has 9 heteroatoms. The molecule has 0 spiro atoms. The van der Waals surface area contributed by atoms with Crippen LogP contribution in [0.1, 0.15) is 29.5 Å². The molecule has 0 aliphatic carbocycles. The lowest BCUT2D eigenvalue weighted by atomic mass is 10.2. The lowest BCUT2D eigenvalue weighted by Crippen LogP contribution is -2.29. The van der Waals surface area contributed by atoms with Gasteiger partial charge in [0.05, 0.1) is 17.9 Å². The van der Waals surface area contributed by atoms with E-state index in [4.69, 9.17) is 4.74 Å². The quantitative estimate of drug-likeness (QED) is 0.762. The summed E-state index contributed by atoms with van der Waals surface area (Å²) in [5.41, 5.74) is 1.28. The highest BCUT2D eigenvalue weighted by atomic mass is 32.2. The number of benzene rings is 1. The third-order valence-electron chi connectivity index (χ3n) is 4.22. The van der Waals surface area contributed by atoms with Gasteiger partial charge < -0.3 is 10.1 Å². The molecule has 0 fully saturated rings. The highest BCUT2D eigenvalue weighted by Gasteiger charge is 2.32. The number of nitrogens with zero attached hydrogens (tertiary/aromatic N) is 3. The van der Waals surface area contributed by atoms with Gasteiger partial charge in [-0.3, -0.25) is 9.36 Å². The van der Waals surface area contributed by atoms with Gasteiger partial charge in [0.25, 0.3) is 5.91 Å². The van der Waals surface area contributed by atoms with Crippen molar-refractivity contribution < 1.29 is 17.9 Å². The van der Waals surface area contributed by atoms with Gasteiger partial charge in [0.15, 0.2) is 5.69 Å². The number of hydrogen-bond donors (Lipinski definition) is 1. The molecule has 0 saturated carbocycles. The SMILES string of the molecule is CCOCCCNC(=O)c1ncn2c1CN(C)S(=O)(=O)c1ccccc1-2. The van der Waals surface area contributed by atoms with E-state index < -0.39 is 10.0 Å². The van der Waals surface area contributed by atoms with Gasteiger partial charge >= 0.3 is 0 Å². The number of ether oxygens (including phenoxy) is 1. The Morgan fingerprint density at radius 3 is 2.88 bits per heavy atom. The molecule has 1 aromatic carbocycles. The molecule has 140 valence electrons. The molecule has 1 amide bonds. The molecule has 0 unspecified atom stereocenters. The second-order valence-electron chi connectivity index (χ2n) is 5.95. The Balaban J connectivity index is 1.90. The molecule has 0 bridgehead atoms. The van der Waals surface area contributed by atoms with E-state index >= 15 is 0 Å². The molecule has 0 atom stereocenters. The average Bonchev–Trinajstić information content (AvgIpc) is 3.01. The third kappa shape index (κ3) is 3.37. The molecule has 1 N–H and O–H groups in total. The van der Waals surface area contributed by atoms with E-state index in [2.05, 4.69) is 10.3 Å². The zero-order valence-corrected chi connectivity index (χ0v) is 15.6. The van der Waals surface area contributed by atoms with E-state index in [1.807, 2.05) is 6.92 Å². The number of hydrogen-bond acceptors (Lipinski definition) is 5. The maximum absolute atomic E-state index is 12.7. The van der Waals surface area contributed by atoms with Gasteiger partial charge in [0, 0.05) is 26.8 Å². The molecule has 1 aromatic heterocycles. The normalized spacial score (nSPS) is 15.8. The average molecular weight is 378 g/mol. The van der Waals surface area contributed by atoms with E-state index in [9.17, 15) is 13.2 Å². The molecule has 26 heavy (non-hydrogen) atoms. The standard InChI is InChI=1S/C17H22N4O4S/c1-3-25-10-6-9-18-17(22)16-14-11-20(2)26(23,24)15-8-5-4-7-13(15)21(14)12-19-16/h4-5,7-8,12H,3,6,9-11H2,1-2H3,(H,18,22). The summed E-state index contributed by atoms with van der Waals surface area (Å²) < 4.78 is 33.6. The Morgan fingerprint density at radius 2 is 2.12 bits per heavy atom. The summed E-state index contributed by atoms with van der Waals surface area (Å²) in [6, 6.07) is 6.71. The van der Waals surface area contributed by atoms with Crippen molar-refractivity contribution in [2.24, 2.45) is 0 Å². The fourth-order valence-corrected chi connectivity index (χ4v) is 4.17. The minimum atomic E-state index is -3.63. The summed E-state index contributed by atoms with van der Waals surface area (Å²) in [6.45, 7) is 3.67. The van der Waals surface area contributed by atoms with E-state index in [1.54, 1.807) is 28.8 Å². The van der Waals surface area contributed by atoms with Crippen LogP contribution in [-0.2, 0) is 21.3 Å². The van der Waals surface area contributed by atoms with Gasteiger partial charge in [-0.1, -0.05) is 12.1 Å². The van der Waals surface area contributed by atoms with Crippen molar-refractivity contribution in [3.05, 3.63) is 42.0 Å². The predicted octanol–water partition coefficient (Wildman–Crippen LogP) is 1.16. The molecular weight excluding hydrogens is 356 g/mol. The Hall–Kier alpha value is -2.23. The van der Waals surface area contributed by atoms with Crippen LogP contribution in [0.25, 0.3) is 5.69 Å². The molecule has 8 nitrogen and oxygen atoms in total. The van der Waals surface area contributed by atoms with Crippen molar-refractivity contribution in [1.29, 1.82) is 0 Å². The number of para-hydroxylation sites is 1. The van der Waals surface area contributed by atoms with Gasteiger partial charge in [0.2, 0.25) is 10.0 Å². The largest absolute Gasteiger partial charge is 0.382 e. The predicted molar refractivity (Wildman–Crippen MR) is 95.7 cm³/mol. The first-order chi connectivity index (χ1) is 12.5.